The highest BCUT2D eigenvalue weighted by Gasteiger charge is 2.35. The number of carboxylic acid groups (broad SMARTS) is 1. The lowest BCUT2D eigenvalue weighted by Gasteiger charge is -2.38. The summed E-state index contributed by atoms with van der Waals surface area (Å²) >= 11 is 0. The molecule has 0 unspecified atom stereocenters. The van der Waals surface area contributed by atoms with Crippen LogP contribution in [-0.4, -0.2) is 18.7 Å². The van der Waals surface area contributed by atoms with E-state index in [0.29, 0.717) is 18.6 Å². The molecule has 1 aliphatic rings. The highest BCUT2D eigenvalue weighted by molar-refractivity contribution is 5.76. The Balaban J connectivity index is 2.61. The molecule has 0 saturated heterocycles. The Morgan fingerprint density at radius 2 is 1.89 bits per heavy atom. The molecule has 0 saturated carbocycles. The zero-order valence-corrected chi connectivity index (χ0v) is 12.0. The van der Waals surface area contributed by atoms with Crippen molar-refractivity contribution in [3.05, 3.63) is 22.3 Å². The summed E-state index contributed by atoms with van der Waals surface area (Å²) < 4.78 is 11.2. The lowest BCUT2D eigenvalue weighted by atomic mass is 9.87. The number of carbonyl (C=O) groups excluding carboxylic acids is 1. The Bertz CT molecular complexity index is 548. The van der Waals surface area contributed by atoms with Crippen LogP contribution in [0.3, 0.4) is 0 Å². The number of fused-ring (bicyclic) bond motifs is 1. The van der Waals surface area contributed by atoms with Gasteiger partial charge in [0.15, 0.2) is 0 Å². The summed E-state index contributed by atoms with van der Waals surface area (Å²) in [5.41, 5.74) is 2.75. The average molecular weight is 263 g/mol. The summed E-state index contributed by atoms with van der Waals surface area (Å²) in [6.45, 7) is 7.43. The molecule has 0 aromatic heterocycles. The normalized spacial score (nSPS) is 21.5. The second kappa shape index (κ2) is 4.44. The minimum absolute atomic E-state index is 0.412. The van der Waals surface area contributed by atoms with E-state index in [1.807, 2.05) is 20.8 Å². The van der Waals surface area contributed by atoms with E-state index in [1.165, 1.54) is 0 Å². The number of rotatable bonds is 2. The van der Waals surface area contributed by atoms with Crippen LogP contribution in [0.4, 0.5) is 0 Å². The zero-order valence-electron chi connectivity index (χ0n) is 12.0. The Labute approximate surface area is 113 Å². The van der Waals surface area contributed by atoms with Crippen molar-refractivity contribution >= 4 is 5.97 Å². The van der Waals surface area contributed by atoms with Crippen molar-refractivity contribution in [1.82, 2.24) is 0 Å². The van der Waals surface area contributed by atoms with Gasteiger partial charge >= 0.3 is 0 Å². The summed E-state index contributed by atoms with van der Waals surface area (Å²) in [7, 11) is 1.65. The largest absolute Gasteiger partial charge is 0.546 e. The number of methoxy groups -OCH3 is 1. The van der Waals surface area contributed by atoms with Crippen molar-refractivity contribution in [2.24, 2.45) is 0 Å². The highest BCUT2D eigenvalue weighted by atomic mass is 16.5. The number of ether oxygens (including phenoxy) is 2. The summed E-state index contributed by atoms with van der Waals surface area (Å²) in [4.78, 5) is 11.2. The van der Waals surface area contributed by atoms with Crippen molar-refractivity contribution in [2.45, 2.75) is 46.1 Å². The molecular formula is C15H19O4-. The van der Waals surface area contributed by atoms with Crippen molar-refractivity contribution in [2.75, 3.05) is 7.11 Å². The summed E-state index contributed by atoms with van der Waals surface area (Å²) in [6, 6.07) is 0. The maximum absolute atomic E-state index is 11.2. The molecule has 0 fully saturated rings. The molecule has 1 heterocycles. The molecule has 0 amide bonds. The molecule has 0 aliphatic carbocycles. The summed E-state index contributed by atoms with van der Waals surface area (Å²) in [6.07, 6.45) is 1.07. The molecule has 1 aliphatic heterocycles. The summed E-state index contributed by atoms with van der Waals surface area (Å²) in [5, 5.41) is 11.2. The maximum Gasteiger partial charge on any atom is 0.146 e. The van der Waals surface area contributed by atoms with Gasteiger partial charge in [-0.25, -0.2) is 0 Å². The zero-order chi connectivity index (χ0) is 14.4. The molecule has 0 spiro atoms. The van der Waals surface area contributed by atoms with Crippen LogP contribution in [0.25, 0.3) is 0 Å². The van der Waals surface area contributed by atoms with E-state index in [4.69, 9.17) is 9.47 Å². The topological polar surface area (TPSA) is 58.6 Å². The van der Waals surface area contributed by atoms with Gasteiger partial charge in [-0.05, 0) is 57.2 Å². The van der Waals surface area contributed by atoms with Gasteiger partial charge in [0.2, 0.25) is 0 Å². The third kappa shape index (κ3) is 1.95. The Hall–Kier alpha value is -1.71. The molecule has 1 aromatic carbocycles. The number of carbonyl (C=O) groups is 1. The lowest BCUT2D eigenvalue weighted by molar-refractivity contribution is -0.322. The van der Waals surface area contributed by atoms with Gasteiger partial charge in [0, 0.05) is 5.56 Å². The molecule has 2 rings (SSSR count). The predicted molar refractivity (Wildman–Crippen MR) is 69.6 cm³/mol. The molecule has 104 valence electrons. The second-order valence-corrected chi connectivity index (χ2v) is 5.34. The van der Waals surface area contributed by atoms with Gasteiger partial charge in [0.1, 0.15) is 17.1 Å². The van der Waals surface area contributed by atoms with Crippen LogP contribution < -0.4 is 14.6 Å². The van der Waals surface area contributed by atoms with Crippen molar-refractivity contribution in [3.63, 3.8) is 0 Å². The molecular weight excluding hydrogens is 244 g/mol. The highest BCUT2D eigenvalue weighted by Crippen LogP contribution is 2.43. The van der Waals surface area contributed by atoms with E-state index in [1.54, 1.807) is 14.0 Å². The van der Waals surface area contributed by atoms with Crippen LogP contribution in [0.1, 0.15) is 35.6 Å². The Kier molecular flexibility index (Phi) is 3.20. The molecule has 1 atom stereocenters. The van der Waals surface area contributed by atoms with Crippen molar-refractivity contribution < 1.29 is 19.4 Å². The first-order valence-electron chi connectivity index (χ1n) is 6.39. The van der Waals surface area contributed by atoms with Crippen LogP contribution in [0.2, 0.25) is 0 Å². The molecule has 1 aromatic rings. The van der Waals surface area contributed by atoms with E-state index >= 15 is 0 Å². The maximum atomic E-state index is 11.2. The average Bonchev–Trinajstić information content (AvgIpc) is 2.36. The molecule has 4 nitrogen and oxygen atoms in total. The van der Waals surface area contributed by atoms with Gasteiger partial charge in [-0.2, -0.15) is 0 Å². The molecule has 0 bridgehead atoms. The van der Waals surface area contributed by atoms with Gasteiger partial charge in [-0.3, -0.25) is 0 Å². The van der Waals surface area contributed by atoms with Gasteiger partial charge in [0.25, 0.3) is 0 Å². The van der Waals surface area contributed by atoms with Crippen LogP contribution in [-0.2, 0) is 11.2 Å². The van der Waals surface area contributed by atoms with Crippen molar-refractivity contribution in [3.8, 4) is 11.5 Å². The van der Waals surface area contributed by atoms with E-state index in [-0.39, 0.29) is 0 Å². The fraction of sp³-hybridized carbons (Fsp3) is 0.533. The van der Waals surface area contributed by atoms with Gasteiger partial charge in [-0.15, -0.1) is 0 Å². The molecule has 19 heavy (non-hydrogen) atoms. The monoisotopic (exact) mass is 263 g/mol. The first-order chi connectivity index (χ1) is 8.81. The number of benzene rings is 1. The van der Waals surface area contributed by atoms with Crippen molar-refractivity contribution in [1.29, 1.82) is 0 Å². The SMILES string of the molecule is COc1c(C)c(C)c2c(c1C)CC[C@@](C)(C(=O)[O-])O2. The predicted octanol–water partition coefficient (Wildman–Crippen LogP) is 1.45. The fourth-order valence-electron chi connectivity index (χ4n) is 2.68. The number of aliphatic carboxylic acids is 1. The van der Waals surface area contributed by atoms with Gasteiger partial charge in [0.05, 0.1) is 13.1 Å². The van der Waals surface area contributed by atoms with Crippen LogP contribution >= 0.6 is 0 Å². The minimum Gasteiger partial charge on any atom is -0.546 e. The Morgan fingerprint density at radius 3 is 2.42 bits per heavy atom. The first kappa shape index (κ1) is 13.7. The smallest absolute Gasteiger partial charge is 0.146 e. The standard InChI is InChI=1S/C15H20O4/c1-8-9(2)13-11(10(3)12(8)18-5)6-7-15(4,19-13)14(16)17/h6-7H2,1-5H3,(H,16,17)/p-1/t15-/m0/s1. The molecule has 0 radical (unpaired) electrons. The first-order valence-corrected chi connectivity index (χ1v) is 6.39. The lowest BCUT2D eigenvalue weighted by Crippen LogP contribution is -2.52. The summed E-state index contributed by atoms with van der Waals surface area (Å²) in [5.74, 6) is 0.370. The quantitative estimate of drug-likeness (QED) is 0.810. The molecule has 4 heteroatoms. The number of hydrogen-bond donors (Lipinski definition) is 0. The molecule has 0 N–H and O–H groups in total. The third-order valence-corrected chi connectivity index (χ3v) is 4.13. The van der Waals surface area contributed by atoms with Crippen LogP contribution in [0, 0.1) is 20.8 Å². The third-order valence-electron chi connectivity index (χ3n) is 4.13. The van der Waals surface area contributed by atoms with E-state index in [0.717, 1.165) is 28.0 Å². The fourth-order valence-corrected chi connectivity index (χ4v) is 2.68. The van der Waals surface area contributed by atoms with Crippen LogP contribution in [0.5, 0.6) is 11.5 Å². The minimum atomic E-state index is -1.24. The van der Waals surface area contributed by atoms with Gasteiger partial charge in [-0.1, -0.05) is 0 Å². The number of hydrogen-bond acceptors (Lipinski definition) is 4. The number of carboxylic acids is 1. The van der Waals surface area contributed by atoms with Crippen LogP contribution in [0.15, 0.2) is 0 Å². The van der Waals surface area contributed by atoms with E-state index in [9.17, 15) is 9.90 Å². The Morgan fingerprint density at radius 1 is 1.26 bits per heavy atom. The van der Waals surface area contributed by atoms with Gasteiger partial charge < -0.3 is 19.4 Å². The van der Waals surface area contributed by atoms with E-state index < -0.39 is 11.6 Å². The second-order valence-electron chi connectivity index (χ2n) is 5.34. The van der Waals surface area contributed by atoms with E-state index in [2.05, 4.69) is 0 Å².